The summed E-state index contributed by atoms with van der Waals surface area (Å²) < 4.78 is 10.7. The number of carbonyl (C=O) groups excluding carboxylic acids is 2. The molecule has 184 valence electrons. The summed E-state index contributed by atoms with van der Waals surface area (Å²) in [5.74, 6) is -0.432. The second-order valence-electron chi connectivity index (χ2n) is 9.27. The number of ketones is 1. The molecule has 1 unspecified atom stereocenters. The topological polar surface area (TPSA) is 95.8 Å². The summed E-state index contributed by atoms with van der Waals surface area (Å²) in [5.41, 5.74) is 3.92. The van der Waals surface area contributed by atoms with E-state index in [1.165, 1.54) is 12.3 Å². The number of carbonyl (C=O) groups is 2. The summed E-state index contributed by atoms with van der Waals surface area (Å²) in [6, 6.07) is 16.1. The molecule has 1 atom stereocenters. The number of nitrogens with one attached hydrogen (secondary N) is 1. The normalized spacial score (nSPS) is 15.9. The number of H-pyrrole nitrogens is 1. The maximum Gasteiger partial charge on any atom is 0.290 e. The highest BCUT2D eigenvalue weighted by Crippen LogP contribution is 2.39. The minimum absolute atomic E-state index is 0.0350. The standard InChI is InChI=1S/C29H28N2O5/c1-17(2)18-6-8-19(9-7-18)26-25(27(32)24-5-4-14-36-24)28(33)29(34)31(26)13-12-20-16-30-23-11-10-21(35-3)15-22(20)23/h4-11,14-17,26,30,33H,12-13H2,1-3H3. The second kappa shape index (κ2) is 9.41. The Balaban J connectivity index is 1.50. The second-order valence-corrected chi connectivity index (χ2v) is 9.27. The van der Waals surface area contributed by atoms with Crippen molar-refractivity contribution in [2.45, 2.75) is 32.2 Å². The van der Waals surface area contributed by atoms with Crippen molar-refractivity contribution >= 4 is 22.6 Å². The summed E-state index contributed by atoms with van der Waals surface area (Å²) >= 11 is 0. The van der Waals surface area contributed by atoms with Crippen LogP contribution < -0.4 is 4.74 Å². The minimum Gasteiger partial charge on any atom is -0.503 e. The van der Waals surface area contributed by atoms with Crippen LogP contribution in [0.25, 0.3) is 10.9 Å². The van der Waals surface area contributed by atoms with Crippen molar-refractivity contribution in [1.29, 1.82) is 0 Å². The molecule has 4 aromatic rings. The Hall–Kier alpha value is -4.26. The van der Waals surface area contributed by atoms with Crippen LogP contribution in [-0.4, -0.2) is 40.3 Å². The van der Waals surface area contributed by atoms with E-state index in [0.717, 1.165) is 33.3 Å². The van der Waals surface area contributed by atoms with Crippen LogP contribution in [0.1, 0.15) is 53.1 Å². The molecule has 2 aromatic heterocycles. The molecule has 7 heteroatoms. The van der Waals surface area contributed by atoms with E-state index in [1.807, 2.05) is 48.7 Å². The number of hydrogen-bond donors (Lipinski definition) is 2. The van der Waals surface area contributed by atoms with Crippen molar-refractivity contribution in [3.8, 4) is 5.75 Å². The van der Waals surface area contributed by atoms with Gasteiger partial charge in [0.25, 0.3) is 5.91 Å². The summed E-state index contributed by atoms with van der Waals surface area (Å²) in [7, 11) is 1.62. The number of fused-ring (bicyclic) bond motifs is 1. The predicted molar refractivity (Wildman–Crippen MR) is 136 cm³/mol. The zero-order chi connectivity index (χ0) is 25.4. The third kappa shape index (κ3) is 4.06. The van der Waals surface area contributed by atoms with Crippen LogP contribution in [0.2, 0.25) is 0 Å². The van der Waals surface area contributed by atoms with Crippen LogP contribution in [0.5, 0.6) is 5.75 Å². The van der Waals surface area contributed by atoms with Crippen LogP contribution in [0, 0.1) is 0 Å². The first-order valence-corrected chi connectivity index (χ1v) is 11.9. The highest BCUT2D eigenvalue weighted by atomic mass is 16.5. The van der Waals surface area contributed by atoms with E-state index in [0.29, 0.717) is 18.9 Å². The molecule has 36 heavy (non-hydrogen) atoms. The number of aromatic nitrogens is 1. The third-order valence-electron chi connectivity index (χ3n) is 6.81. The number of ether oxygens (including phenoxy) is 1. The number of nitrogens with zero attached hydrogens (tertiary/aromatic N) is 1. The first kappa shape index (κ1) is 23.5. The van der Waals surface area contributed by atoms with Gasteiger partial charge in [0.1, 0.15) is 5.75 Å². The molecule has 5 rings (SSSR count). The van der Waals surface area contributed by atoms with Gasteiger partial charge >= 0.3 is 0 Å². The van der Waals surface area contributed by atoms with Gasteiger partial charge in [-0.1, -0.05) is 38.1 Å². The molecule has 2 N–H and O–H groups in total. The van der Waals surface area contributed by atoms with E-state index in [-0.39, 0.29) is 11.3 Å². The van der Waals surface area contributed by atoms with E-state index in [4.69, 9.17) is 9.15 Å². The van der Waals surface area contributed by atoms with Crippen molar-refractivity contribution in [3.05, 3.63) is 101 Å². The zero-order valence-electron chi connectivity index (χ0n) is 20.4. The van der Waals surface area contributed by atoms with Gasteiger partial charge in [-0.15, -0.1) is 0 Å². The lowest BCUT2D eigenvalue weighted by atomic mass is 9.92. The molecule has 0 saturated carbocycles. The monoisotopic (exact) mass is 484 g/mol. The highest BCUT2D eigenvalue weighted by Gasteiger charge is 2.44. The van der Waals surface area contributed by atoms with Crippen LogP contribution in [-0.2, 0) is 11.2 Å². The van der Waals surface area contributed by atoms with Crippen molar-refractivity contribution in [1.82, 2.24) is 9.88 Å². The lowest BCUT2D eigenvalue weighted by molar-refractivity contribution is -0.129. The third-order valence-corrected chi connectivity index (χ3v) is 6.81. The number of furan rings is 1. The SMILES string of the molecule is COc1ccc2[nH]cc(CCN3C(=O)C(O)=C(C(=O)c4ccco4)C3c3ccc(C(C)C)cc3)c2c1. The van der Waals surface area contributed by atoms with E-state index < -0.39 is 23.5 Å². The van der Waals surface area contributed by atoms with E-state index in [2.05, 4.69) is 18.8 Å². The van der Waals surface area contributed by atoms with Gasteiger partial charge < -0.3 is 24.1 Å². The average Bonchev–Trinajstić information content (AvgIpc) is 3.62. The summed E-state index contributed by atoms with van der Waals surface area (Å²) in [6.07, 6.45) is 3.84. The van der Waals surface area contributed by atoms with Crippen molar-refractivity contribution in [2.75, 3.05) is 13.7 Å². The first-order chi connectivity index (χ1) is 17.4. The van der Waals surface area contributed by atoms with Crippen LogP contribution in [0.4, 0.5) is 0 Å². The van der Waals surface area contributed by atoms with E-state index in [9.17, 15) is 14.7 Å². The van der Waals surface area contributed by atoms with Crippen LogP contribution in [0.15, 0.2) is 82.8 Å². The van der Waals surface area contributed by atoms with Gasteiger partial charge in [0, 0.05) is 23.6 Å². The Kier molecular flexibility index (Phi) is 6.14. The number of methoxy groups -OCH3 is 1. The Labute approximate surface area is 209 Å². The van der Waals surface area contributed by atoms with Gasteiger partial charge in [-0.3, -0.25) is 9.59 Å². The van der Waals surface area contributed by atoms with Gasteiger partial charge in [0.15, 0.2) is 11.5 Å². The number of aromatic amines is 1. The first-order valence-electron chi connectivity index (χ1n) is 11.9. The molecule has 7 nitrogen and oxygen atoms in total. The predicted octanol–water partition coefficient (Wildman–Crippen LogP) is 5.71. The molecular formula is C29H28N2O5. The number of hydrogen-bond acceptors (Lipinski definition) is 5. The summed E-state index contributed by atoms with van der Waals surface area (Å²) in [4.78, 5) is 31.4. The highest BCUT2D eigenvalue weighted by molar-refractivity contribution is 6.15. The molecular weight excluding hydrogens is 456 g/mol. The number of Topliss-reactive ketones (excluding diaryl/α,β-unsaturated/α-hetero) is 1. The van der Waals surface area contributed by atoms with Gasteiger partial charge in [0.2, 0.25) is 5.78 Å². The smallest absolute Gasteiger partial charge is 0.290 e. The fraction of sp³-hybridized carbons (Fsp3) is 0.241. The van der Waals surface area contributed by atoms with Crippen molar-refractivity contribution in [2.24, 2.45) is 0 Å². The van der Waals surface area contributed by atoms with Crippen LogP contribution >= 0.6 is 0 Å². The number of aliphatic hydroxyl groups is 1. The van der Waals surface area contributed by atoms with Crippen LogP contribution in [0.3, 0.4) is 0 Å². The number of amides is 1. The molecule has 0 saturated heterocycles. The molecule has 0 bridgehead atoms. The quantitative estimate of drug-likeness (QED) is 0.312. The lowest BCUT2D eigenvalue weighted by Crippen LogP contribution is -2.33. The Bertz CT molecular complexity index is 1440. The molecule has 0 spiro atoms. The number of rotatable bonds is 8. The van der Waals surface area contributed by atoms with E-state index >= 15 is 0 Å². The maximum absolute atomic E-state index is 13.3. The van der Waals surface area contributed by atoms with Gasteiger partial charge in [-0.05, 0) is 59.4 Å². The molecule has 2 aromatic carbocycles. The minimum atomic E-state index is -0.726. The van der Waals surface area contributed by atoms with Gasteiger partial charge in [-0.2, -0.15) is 0 Å². The summed E-state index contributed by atoms with van der Waals surface area (Å²) in [5, 5.41) is 11.9. The molecule has 3 heterocycles. The van der Waals surface area contributed by atoms with Crippen molar-refractivity contribution in [3.63, 3.8) is 0 Å². The van der Waals surface area contributed by atoms with E-state index in [1.54, 1.807) is 18.1 Å². The fourth-order valence-corrected chi connectivity index (χ4v) is 4.80. The number of aliphatic hydroxyl groups excluding tert-OH is 1. The zero-order valence-corrected chi connectivity index (χ0v) is 20.4. The molecule has 1 aliphatic heterocycles. The molecule has 1 amide bonds. The van der Waals surface area contributed by atoms with Crippen molar-refractivity contribution < 1.29 is 23.8 Å². The van der Waals surface area contributed by atoms with Gasteiger partial charge in [-0.25, -0.2) is 0 Å². The Morgan fingerprint density at radius 3 is 2.61 bits per heavy atom. The summed E-state index contributed by atoms with van der Waals surface area (Å²) in [6.45, 7) is 4.51. The molecule has 0 aliphatic carbocycles. The maximum atomic E-state index is 13.3. The Morgan fingerprint density at radius 2 is 1.94 bits per heavy atom. The fourth-order valence-electron chi connectivity index (χ4n) is 4.80. The average molecular weight is 485 g/mol. The van der Waals surface area contributed by atoms with Gasteiger partial charge in [0.05, 0.1) is 25.0 Å². The Morgan fingerprint density at radius 1 is 1.17 bits per heavy atom. The largest absolute Gasteiger partial charge is 0.503 e. The molecule has 0 fully saturated rings. The molecule has 1 aliphatic rings. The molecule has 0 radical (unpaired) electrons. The lowest BCUT2D eigenvalue weighted by Gasteiger charge is -2.27. The number of benzene rings is 2.